The fourth-order valence-corrected chi connectivity index (χ4v) is 0.504. The van der Waals surface area contributed by atoms with Crippen LogP contribution in [0, 0.1) is 23.7 Å². The van der Waals surface area contributed by atoms with Crippen LogP contribution in [0.4, 0.5) is 0 Å². The Morgan fingerprint density at radius 2 is 2.15 bits per heavy atom. The SMILES string of the molecule is C#CC(C)NC(=O)C(=O)NCC#N. The molecular formula is C8H9N3O2. The van der Waals surface area contributed by atoms with Crippen molar-refractivity contribution in [1.82, 2.24) is 10.6 Å². The number of amides is 2. The predicted molar refractivity (Wildman–Crippen MR) is 45.1 cm³/mol. The number of hydrogen-bond acceptors (Lipinski definition) is 3. The summed E-state index contributed by atoms with van der Waals surface area (Å²) in [5, 5.41) is 12.4. The van der Waals surface area contributed by atoms with E-state index < -0.39 is 17.9 Å². The van der Waals surface area contributed by atoms with E-state index in [1.165, 1.54) is 0 Å². The van der Waals surface area contributed by atoms with Gasteiger partial charge in [0, 0.05) is 0 Å². The molecule has 0 aliphatic heterocycles. The van der Waals surface area contributed by atoms with Crippen molar-refractivity contribution in [2.24, 2.45) is 0 Å². The van der Waals surface area contributed by atoms with Crippen molar-refractivity contribution in [3.63, 3.8) is 0 Å². The standard InChI is InChI=1S/C8H9N3O2/c1-3-6(2)11-8(13)7(12)10-5-4-9/h1,6H,5H2,2H3,(H,10,12)(H,11,13). The Kier molecular flexibility index (Phi) is 4.75. The van der Waals surface area contributed by atoms with E-state index in [4.69, 9.17) is 11.7 Å². The largest absolute Gasteiger partial charge is 0.335 e. The molecule has 13 heavy (non-hydrogen) atoms. The van der Waals surface area contributed by atoms with Crippen molar-refractivity contribution >= 4 is 11.8 Å². The molecule has 68 valence electrons. The number of nitrogens with one attached hydrogen (secondary N) is 2. The second-order valence-electron chi connectivity index (χ2n) is 2.20. The van der Waals surface area contributed by atoms with Crippen molar-refractivity contribution < 1.29 is 9.59 Å². The first-order valence-corrected chi connectivity index (χ1v) is 3.53. The lowest BCUT2D eigenvalue weighted by Gasteiger charge is -2.05. The van der Waals surface area contributed by atoms with Crippen LogP contribution in [0.3, 0.4) is 0 Å². The summed E-state index contributed by atoms with van der Waals surface area (Å²) in [7, 11) is 0. The van der Waals surface area contributed by atoms with Gasteiger partial charge in [0.15, 0.2) is 0 Å². The lowest BCUT2D eigenvalue weighted by Crippen LogP contribution is -2.43. The molecule has 0 aliphatic rings. The maximum absolute atomic E-state index is 10.9. The highest BCUT2D eigenvalue weighted by Gasteiger charge is 2.13. The lowest BCUT2D eigenvalue weighted by atomic mass is 10.3. The molecule has 0 saturated heterocycles. The summed E-state index contributed by atoms with van der Waals surface area (Å²) < 4.78 is 0. The van der Waals surface area contributed by atoms with E-state index in [9.17, 15) is 9.59 Å². The molecule has 0 spiro atoms. The molecular weight excluding hydrogens is 170 g/mol. The topological polar surface area (TPSA) is 82.0 Å². The molecule has 0 aromatic heterocycles. The first kappa shape index (κ1) is 11.0. The van der Waals surface area contributed by atoms with Gasteiger partial charge in [0.25, 0.3) is 0 Å². The minimum absolute atomic E-state index is 0.198. The summed E-state index contributed by atoms with van der Waals surface area (Å²) in [5.41, 5.74) is 0. The summed E-state index contributed by atoms with van der Waals surface area (Å²) in [6.45, 7) is 1.37. The highest BCUT2D eigenvalue weighted by Crippen LogP contribution is 1.77. The van der Waals surface area contributed by atoms with Crippen LogP contribution in [0.25, 0.3) is 0 Å². The van der Waals surface area contributed by atoms with Crippen LogP contribution in [-0.4, -0.2) is 24.4 Å². The molecule has 0 heterocycles. The summed E-state index contributed by atoms with van der Waals surface area (Å²) >= 11 is 0. The van der Waals surface area contributed by atoms with Crippen LogP contribution in [-0.2, 0) is 9.59 Å². The van der Waals surface area contributed by atoms with E-state index in [1.807, 2.05) is 0 Å². The molecule has 1 atom stereocenters. The van der Waals surface area contributed by atoms with Crippen molar-refractivity contribution in [3.8, 4) is 18.4 Å². The van der Waals surface area contributed by atoms with E-state index in [0.717, 1.165) is 0 Å². The number of carbonyl (C=O) groups excluding carboxylic acids is 2. The zero-order chi connectivity index (χ0) is 10.3. The molecule has 0 aromatic carbocycles. The van der Waals surface area contributed by atoms with Crippen molar-refractivity contribution in [1.29, 1.82) is 5.26 Å². The number of hydrogen-bond donors (Lipinski definition) is 2. The van der Waals surface area contributed by atoms with Crippen molar-refractivity contribution in [3.05, 3.63) is 0 Å². The third-order valence-electron chi connectivity index (χ3n) is 1.13. The van der Waals surface area contributed by atoms with Crippen LogP contribution >= 0.6 is 0 Å². The summed E-state index contributed by atoms with van der Waals surface area (Å²) in [4.78, 5) is 21.7. The van der Waals surface area contributed by atoms with Gasteiger partial charge in [0.2, 0.25) is 0 Å². The van der Waals surface area contributed by atoms with Gasteiger partial charge in [0.05, 0.1) is 12.1 Å². The average molecular weight is 179 g/mol. The van der Waals surface area contributed by atoms with E-state index in [2.05, 4.69) is 16.6 Å². The summed E-state index contributed by atoms with van der Waals surface area (Å²) in [6, 6.07) is 1.17. The van der Waals surface area contributed by atoms with E-state index in [-0.39, 0.29) is 6.54 Å². The average Bonchev–Trinajstić information content (AvgIpc) is 2.13. The summed E-state index contributed by atoms with van der Waals surface area (Å²) in [5.74, 6) is 0.539. The molecule has 0 bridgehead atoms. The molecule has 0 rings (SSSR count). The van der Waals surface area contributed by atoms with Gasteiger partial charge in [-0.05, 0) is 6.92 Å². The lowest BCUT2D eigenvalue weighted by molar-refractivity contribution is -0.139. The predicted octanol–water partition coefficient (Wildman–Crippen LogP) is -1.24. The molecule has 0 aromatic rings. The highest BCUT2D eigenvalue weighted by atomic mass is 16.2. The molecule has 0 radical (unpaired) electrons. The molecule has 0 saturated carbocycles. The fourth-order valence-electron chi connectivity index (χ4n) is 0.504. The van der Waals surface area contributed by atoms with Crippen LogP contribution in [0.15, 0.2) is 0 Å². The van der Waals surface area contributed by atoms with Crippen LogP contribution in [0.1, 0.15) is 6.92 Å². The van der Waals surface area contributed by atoms with Crippen LogP contribution in [0.5, 0.6) is 0 Å². The van der Waals surface area contributed by atoms with Gasteiger partial charge in [-0.3, -0.25) is 9.59 Å². The quantitative estimate of drug-likeness (QED) is 0.316. The van der Waals surface area contributed by atoms with Gasteiger partial charge >= 0.3 is 11.8 Å². The minimum atomic E-state index is -0.858. The highest BCUT2D eigenvalue weighted by molar-refractivity contribution is 6.35. The Balaban J connectivity index is 3.93. The smallest absolute Gasteiger partial charge is 0.310 e. The normalized spacial score (nSPS) is 10.4. The number of nitrogens with zero attached hydrogens (tertiary/aromatic N) is 1. The van der Waals surface area contributed by atoms with Crippen LogP contribution < -0.4 is 10.6 Å². The molecule has 2 N–H and O–H groups in total. The molecule has 5 heteroatoms. The van der Waals surface area contributed by atoms with Gasteiger partial charge in [0.1, 0.15) is 6.54 Å². The van der Waals surface area contributed by atoms with Gasteiger partial charge in [-0.2, -0.15) is 5.26 Å². The zero-order valence-corrected chi connectivity index (χ0v) is 7.13. The maximum atomic E-state index is 10.9. The van der Waals surface area contributed by atoms with E-state index in [1.54, 1.807) is 13.0 Å². The Bertz CT molecular complexity index is 285. The Labute approximate surface area is 76.1 Å². The first-order valence-electron chi connectivity index (χ1n) is 3.53. The Hall–Kier alpha value is -2.01. The van der Waals surface area contributed by atoms with Gasteiger partial charge in [-0.1, -0.05) is 5.92 Å². The number of rotatable bonds is 2. The third-order valence-corrected chi connectivity index (χ3v) is 1.13. The Morgan fingerprint density at radius 1 is 1.54 bits per heavy atom. The number of terminal acetylenes is 1. The summed E-state index contributed by atoms with van der Waals surface area (Å²) in [6.07, 6.45) is 4.97. The van der Waals surface area contributed by atoms with Gasteiger partial charge in [-0.15, -0.1) is 6.42 Å². The zero-order valence-electron chi connectivity index (χ0n) is 7.13. The van der Waals surface area contributed by atoms with Crippen LogP contribution in [0.2, 0.25) is 0 Å². The molecule has 2 amide bonds. The van der Waals surface area contributed by atoms with Crippen molar-refractivity contribution in [2.75, 3.05) is 6.54 Å². The van der Waals surface area contributed by atoms with E-state index in [0.29, 0.717) is 0 Å². The molecule has 1 unspecified atom stereocenters. The number of nitriles is 1. The molecule has 0 aliphatic carbocycles. The van der Waals surface area contributed by atoms with Gasteiger partial charge in [-0.25, -0.2) is 0 Å². The van der Waals surface area contributed by atoms with E-state index >= 15 is 0 Å². The van der Waals surface area contributed by atoms with Gasteiger partial charge < -0.3 is 10.6 Å². The monoisotopic (exact) mass is 179 g/mol. The van der Waals surface area contributed by atoms with Crippen molar-refractivity contribution in [2.45, 2.75) is 13.0 Å². The first-order chi connectivity index (χ1) is 6.11. The third kappa shape index (κ3) is 4.44. The maximum Gasteiger partial charge on any atom is 0.310 e. The second-order valence-corrected chi connectivity index (χ2v) is 2.20. The Morgan fingerprint density at radius 3 is 2.62 bits per heavy atom. The molecule has 0 fully saturated rings. The second kappa shape index (κ2) is 5.62. The number of carbonyl (C=O) groups is 2. The molecule has 5 nitrogen and oxygen atoms in total. The minimum Gasteiger partial charge on any atom is -0.335 e. The fraction of sp³-hybridized carbons (Fsp3) is 0.375.